The Morgan fingerprint density at radius 3 is 2.50 bits per heavy atom. The lowest BCUT2D eigenvalue weighted by Crippen LogP contribution is -2.32. The second-order valence-corrected chi connectivity index (χ2v) is 9.52. The largest absolute Gasteiger partial charge is 0.284 e. The zero-order valence-corrected chi connectivity index (χ0v) is 18.7. The van der Waals surface area contributed by atoms with Gasteiger partial charge in [-0.1, -0.05) is 50.2 Å². The zero-order valence-electron chi connectivity index (χ0n) is 17.9. The highest BCUT2D eigenvalue weighted by Gasteiger charge is 2.36. The second kappa shape index (κ2) is 9.00. The van der Waals surface area contributed by atoms with E-state index in [1.54, 1.807) is 23.2 Å². The van der Waals surface area contributed by atoms with Gasteiger partial charge >= 0.3 is 0 Å². The molecule has 1 aliphatic heterocycles. The number of aryl methyl sites for hydroxylation is 1. The molecule has 6 nitrogen and oxygen atoms in total. The molecule has 7 heteroatoms. The maximum Gasteiger partial charge on any atom is 0.246 e. The Hall–Kier alpha value is -2.67. The van der Waals surface area contributed by atoms with Gasteiger partial charge < -0.3 is 0 Å². The van der Waals surface area contributed by atoms with Gasteiger partial charge in [0.2, 0.25) is 15.9 Å². The summed E-state index contributed by atoms with van der Waals surface area (Å²) >= 11 is 0. The average molecular weight is 428 g/mol. The summed E-state index contributed by atoms with van der Waals surface area (Å²) in [6.45, 7) is 6.09. The van der Waals surface area contributed by atoms with Crippen molar-refractivity contribution in [2.45, 2.75) is 46.1 Å². The third kappa shape index (κ3) is 4.90. The van der Waals surface area contributed by atoms with Crippen molar-refractivity contribution < 1.29 is 13.2 Å². The number of rotatable bonds is 7. The van der Waals surface area contributed by atoms with E-state index in [4.69, 9.17) is 5.10 Å². The first-order chi connectivity index (χ1) is 14.2. The third-order valence-electron chi connectivity index (χ3n) is 5.52. The predicted octanol–water partition coefficient (Wildman–Crippen LogP) is 4.48. The number of carbonyl (C=O) groups is 1. The summed E-state index contributed by atoms with van der Waals surface area (Å²) in [5.41, 5.74) is 4.27. The monoisotopic (exact) mass is 427 g/mol. The molecule has 0 radical (unpaired) electrons. The quantitative estimate of drug-likeness (QED) is 0.707. The third-order valence-corrected chi connectivity index (χ3v) is 6.12. The fourth-order valence-corrected chi connectivity index (χ4v) is 4.45. The topological polar surface area (TPSA) is 78.8 Å². The molecule has 0 fully saturated rings. The smallest absolute Gasteiger partial charge is 0.246 e. The molecule has 1 atom stereocenters. The van der Waals surface area contributed by atoms with Crippen LogP contribution in [0.1, 0.15) is 55.8 Å². The average Bonchev–Trinajstić information content (AvgIpc) is 3.13. The molecular weight excluding hydrogens is 398 g/mol. The van der Waals surface area contributed by atoms with Crippen LogP contribution in [0.5, 0.6) is 0 Å². The van der Waals surface area contributed by atoms with Crippen molar-refractivity contribution in [3.8, 4) is 0 Å². The molecular formula is C23H29N3O3S. The Labute approximate surface area is 179 Å². The number of nitrogens with one attached hydrogen (secondary N) is 1. The van der Waals surface area contributed by atoms with E-state index in [2.05, 4.69) is 4.72 Å². The van der Waals surface area contributed by atoms with Crippen LogP contribution < -0.4 is 4.72 Å². The summed E-state index contributed by atoms with van der Waals surface area (Å²) in [5, 5.41) is 6.38. The van der Waals surface area contributed by atoms with Gasteiger partial charge in [-0.05, 0) is 48.6 Å². The highest BCUT2D eigenvalue weighted by atomic mass is 32.2. The maximum absolute atomic E-state index is 13.3. The highest BCUT2D eigenvalue weighted by Crippen LogP contribution is 2.36. The standard InChI is InChI=1S/C23H29N3O3S/c1-5-17(6-2)23(27)26-22(20-13-8-7-10-16(20)3)15-21(24-26)18-11-9-12-19(14-18)25-30(4,28)29/h7-14,17,22,25H,5-6,15H2,1-4H3. The molecule has 1 heterocycles. The van der Waals surface area contributed by atoms with Crippen molar-refractivity contribution in [3.63, 3.8) is 0 Å². The van der Waals surface area contributed by atoms with Crippen molar-refractivity contribution >= 4 is 27.3 Å². The Kier molecular flexibility index (Phi) is 6.61. The van der Waals surface area contributed by atoms with E-state index in [0.717, 1.165) is 41.5 Å². The summed E-state index contributed by atoms with van der Waals surface area (Å²) in [4.78, 5) is 13.3. The molecule has 0 saturated carbocycles. The van der Waals surface area contributed by atoms with Crippen LogP contribution in [-0.4, -0.2) is 31.3 Å². The van der Waals surface area contributed by atoms with Gasteiger partial charge in [0.05, 0.1) is 18.0 Å². The van der Waals surface area contributed by atoms with Gasteiger partial charge in [0.25, 0.3) is 0 Å². The van der Waals surface area contributed by atoms with Crippen LogP contribution in [0.3, 0.4) is 0 Å². The second-order valence-electron chi connectivity index (χ2n) is 7.77. The lowest BCUT2D eigenvalue weighted by atomic mass is 9.94. The van der Waals surface area contributed by atoms with E-state index in [0.29, 0.717) is 12.1 Å². The van der Waals surface area contributed by atoms with Gasteiger partial charge in [-0.15, -0.1) is 0 Å². The molecule has 0 saturated heterocycles. The highest BCUT2D eigenvalue weighted by molar-refractivity contribution is 7.92. The van der Waals surface area contributed by atoms with Crippen molar-refractivity contribution in [1.82, 2.24) is 5.01 Å². The number of anilines is 1. The van der Waals surface area contributed by atoms with Gasteiger partial charge in [-0.25, -0.2) is 13.4 Å². The Morgan fingerprint density at radius 2 is 1.87 bits per heavy atom. The lowest BCUT2D eigenvalue weighted by Gasteiger charge is -2.26. The summed E-state index contributed by atoms with van der Waals surface area (Å²) in [7, 11) is -3.37. The molecule has 1 aliphatic rings. The first kappa shape index (κ1) is 22.0. The number of hydrazone groups is 1. The molecule has 2 aromatic carbocycles. The zero-order chi connectivity index (χ0) is 21.9. The fraction of sp³-hybridized carbons (Fsp3) is 0.391. The minimum atomic E-state index is -3.37. The summed E-state index contributed by atoms with van der Waals surface area (Å²) < 4.78 is 25.7. The summed E-state index contributed by atoms with van der Waals surface area (Å²) in [6.07, 6.45) is 3.24. The molecule has 0 aliphatic carbocycles. The van der Waals surface area contributed by atoms with Crippen LogP contribution >= 0.6 is 0 Å². The number of hydrogen-bond donors (Lipinski definition) is 1. The Balaban J connectivity index is 2.00. The molecule has 2 aromatic rings. The molecule has 0 spiro atoms. The minimum absolute atomic E-state index is 0.0358. The first-order valence-corrected chi connectivity index (χ1v) is 12.2. The van der Waals surface area contributed by atoms with Crippen LogP contribution in [0, 0.1) is 12.8 Å². The van der Waals surface area contributed by atoms with Gasteiger partial charge in [0.15, 0.2) is 0 Å². The van der Waals surface area contributed by atoms with Crippen molar-refractivity contribution in [3.05, 3.63) is 65.2 Å². The van der Waals surface area contributed by atoms with Gasteiger partial charge in [0, 0.05) is 18.0 Å². The van der Waals surface area contributed by atoms with Crippen LogP contribution in [-0.2, 0) is 14.8 Å². The number of nitrogens with zero attached hydrogens (tertiary/aromatic N) is 2. The van der Waals surface area contributed by atoms with Crippen molar-refractivity contribution in [2.24, 2.45) is 11.0 Å². The van der Waals surface area contributed by atoms with Crippen molar-refractivity contribution in [2.75, 3.05) is 11.0 Å². The number of carbonyl (C=O) groups excluding carboxylic acids is 1. The van der Waals surface area contributed by atoms with Crippen LogP contribution in [0.15, 0.2) is 53.6 Å². The van der Waals surface area contributed by atoms with E-state index in [9.17, 15) is 13.2 Å². The molecule has 0 bridgehead atoms. The Bertz CT molecular complexity index is 1060. The van der Waals surface area contributed by atoms with Gasteiger partial charge in [0.1, 0.15) is 0 Å². The maximum atomic E-state index is 13.3. The normalized spacial score (nSPS) is 16.6. The lowest BCUT2D eigenvalue weighted by molar-refractivity contribution is -0.137. The van der Waals surface area contributed by atoms with E-state index in [1.165, 1.54) is 0 Å². The fourth-order valence-electron chi connectivity index (χ4n) is 3.89. The van der Waals surface area contributed by atoms with Gasteiger partial charge in [-0.2, -0.15) is 5.10 Å². The summed E-state index contributed by atoms with van der Waals surface area (Å²) in [6, 6.07) is 15.1. The van der Waals surface area contributed by atoms with Crippen LogP contribution in [0.25, 0.3) is 0 Å². The molecule has 0 aromatic heterocycles. The predicted molar refractivity (Wildman–Crippen MR) is 121 cm³/mol. The molecule has 160 valence electrons. The molecule has 1 N–H and O–H groups in total. The van der Waals surface area contributed by atoms with E-state index >= 15 is 0 Å². The Morgan fingerprint density at radius 1 is 1.17 bits per heavy atom. The minimum Gasteiger partial charge on any atom is -0.284 e. The number of sulfonamides is 1. The number of amides is 1. The first-order valence-electron chi connectivity index (χ1n) is 10.3. The van der Waals surface area contributed by atoms with Crippen LogP contribution in [0.4, 0.5) is 5.69 Å². The van der Waals surface area contributed by atoms with E-state index in [-0.39, 0.29) is 17.9 Å². The number of benzene rings is 2. The van der Waals surface area contributed by atoms with Crippen molar-refractivity contribution in [1.29, 1.82) is 0 Å². The van der Waals surface area contributed by atoms with Gasteiger partial charge in [-0.3, -0.25) is 9.52 Å². The molecule has 3 rings (SSSR count). The molecule has 30 heavy (non-hydrogen) atoms. The molecule has 1 amide bonds. The van der Waals surface area contributed by atoms with E-state index < -0.39 is 10.0 Å². The SMILES string of the molecule is CCC(CC)C(=O)N1N=C(c2cccc(NS(C)(=O)=O)c2)CC1c1ccccc1C. The van der Waals surface area contributed by atoms with E-state index in [1.807, 2.05) is 51.1 Å². The summed E-state index contributed by atoms with van der Waals surface area (Å²) in [5.74, 6) is -0.0356. The number of hydrogen-bond acceptors (Lipinski definition) is 4. The van der Waals surface area contributed by atoms with Crippen LogP contribution in [0.2, 0.25) is 0 Å². The molecule has 1 unspecified atom stereocenters.